The third-order valence-electron chi connectivity index (χ3n) is 4.58. The monoisotopic (exact) mass is 394 g/mol. The summed E-state index contributed by atoms with van der Waals surface area (Å²) in [5.41, 5.74) is 8.39. The Morgan fingerprint density at radius 2 is 1.80 bits per heavy atom. The first-order valence-corrected chi connectivity index (χ1v) is 9.38. The van der Waals surface area contributed by atoms with Crippen molar-refractivity contribution >= 4 is 27.8 Å². The van der Waals surface area contributed by atoms with E-state index < -0.39 is 0 Å². The first-order chi connectivity index (χ1) is 12.0. The lowest BCUT2D eigenvalue weighted by Gasteiger charge is -2.13. The molecule has 25 heavy (non-hydrogen) atoms. The standard InChI is InChI=1S/C22H23BrN2/c1-5-18-8-6-7-9-22(18)25-16(3)13-19(17(25)4)14-24-20-10-11-21(23)15(2)12-20/h6-14H,5H2,1-4H3. The topological polar surface area (TPSA) is 17.3 Å². The summed E-state index contributed by atoms with van der Waals surface area (Å²) in [6, 6.07) is 17.0. The zero-order valence-corrected chi connectivity index (χ0v) is 16.8. The van der Waals surface area contributed by atoms with Crippen LogP contribution in [-0.2, 0) is 6.42 Å². The highest BCUT2D eigenvalue weighted by Crippen LogP contribution is 2.25. The Morgan fingerprint density at radius 1 is 1.04 bits per heavy atom. The van der Waals surface area contributed by atoms with E-state index in [0.717, 1.165) is 22.1 Å². The van der Waals surface area contributed by atoms with Crippen molar-refractivity contribution in [3.05, 3.63) is 81.1 Å². The molecule has 0 saturated heterocycles. The van der Waals surface area contributed by atoms with E-state index in [1.165, 1.54) is 28.2 Å². The van der Waals surface area contributed by atoms with Crippen molar-refractivity contribution in [1.82, 2.24) is 4.57 Å². The third-order valence-corrected chi connectivity index (χ3v) is 5.47. The van der Waals surface area contributed by atoms with Crippen LogP contribution in [0, 0.1) is 20.8 Å². The number of rotatable bonds is 4. The summed E-state index contributed by atoms with van der Waals surface area (Å²) in [6.45, 7) is 8.59. The molecule has 2 nitrogen and oxygen atoms in total. The molecular weight excluding hydrogens is 372 g/mol. The zero-order chi connectivity index (χ0) is 18.0. The van der Waals surface area contributed by atoms with Crippen LogP contribution in [0.3, 0.4) is 0 Å². The maximum Gasteiger partial charge on any atom is 0.0633 e. The minimum absolute atomic E-state index is 0.972. The Kier molecular flexibility index (Phi) is 5.24. The normalized spacial score (nSPS) is 11.4. The summed E-state index contributed by atoms with van der Waals surface area (Å²) in [4.78, 5) is 4.67. The maximum absolute atomic E-state index is 4.67. The van der Waals surface area contributed by atoms with Gasteiger partial charge in [-0.1, -0.05) is 41.1 Å². The number of hydrogen-bond acceptors (Lipinski definition) is 1. The van der Waals surface area contributed by atoms with Gasteiger partial charge >= 0.3 is 0 Å². The van der Waals surface area contributed by atoms with Crippen LogP contribution in [0.2, 0.25) is 0 Å². The predicted molar refractivity (Wildman–Crippen MR) is 111 cm³/mol. The van der Waals surface area contributed by atoms with E-state index >= 15 is 0 Å². The summed E-state index contributed by atoms with van der Waals surface area (Å²) in [7, 11) is 0. The van der Waals surface area contributed by atoms with E-state index in [2.05, 4.69) is 89.6 Å². The van der Waals surface area contributed by atoms with Crippen molar-refractivity contribution in [2.24, 2.45) is 4.99 Å². The third kappa shape index (κ3) is 3.62. The molecule has 1 heterocycles. The average Bonchev–Trinajstić information content (AvgIpc) is 2.89. The lowest BCUT2D eigenvalue weighted by molar-refractivity contribution is 0.937. The molecule has 1 aromatic heterocycles. The Morgan fingerprint density at radius 3 is 2.52 bits per heavy atom. The van der Waals surface area contributed by atoms with E-state index in [-0.39, 0.29) is 0 Å². The lowest BCUT2D eigenvalue weighted by Crippen LogP contribution is -2.03. The maximum atomic E-state index is 4.67. The fourth-order valence-corrected chi connectivity index (χ4v) is 3.42. The van der Waals surface area contributed by atoms with Gasteiger partial charge in [0.2, 0.25) is 0 Å². The molecule has 0 aliphatic heterocycles. The van der Waals surface area contributed by atoms with Crippen molar-refractivity contribution in [3.8, 4) is 5.69 Å². The largest absolute Gasteiger partial charge is 0.318 e. The molecule has 0 unspecified atom stereocenters. The molecule has 0 atom stereocenters. The van der Waals surface area contributed by atoms with Crippen LogP contribution in [0.25, 0.3) is 5.69 Å². The van der Waals surface area contributed by atoms with Crippen LogP contribution < -0.4 is 0 Å². The van der Waals surface area contributed by atoms with E-state index in [0.29, 0.717) is 0 Å². The van der Waals surface area contributed by atoms with E-state index in [1.807, 2.05) is 18.3 Å². The number of para-hydroxylation sites is 1. The Bertz CT molecular complexity index is 935. The van der Waals surface area contributed by atoms with Crippen molar-refractivity contribution in [1.29, 1.82) is 0 Å². The van der Waals surface area contributed by atoms with Gasteiger partial charge in [0, 0.05) is 33.3 Å². The van der Waals surface area contributed by atoms with Gasteiger partial charge in [-0.3, -0.25) is 4.99 Å². The second-order valence-electron chi connectivity index (χ2n) is 6.34. The Labute approximate surface area is 158 Å². The number of benzene rings is 2. The van der Waals surface area contributed by atoms with Gasteiger partial charge in [0.15, 0.2) is 0 Å². The van der Waals surface area contributed by atoms with E-state index in [1.54, 1.807) is 0 Å². The van der Waals surface area contributed by atoms with Gasteiger partial charge in [0.1, 0.15) is 0 Å². The second kappa shape index (κ2) is 7.40. The molecule has 128 valence electrons. The van der Waals surface area contributed by atoms with Gasteiger partial charge in [0.25, 0.3) is 0 Å². The summed E-state index contributed by atoms with van der Waals surface area (Å²) in [6.07, 6.45) is 2.99. The molecule has 3 rings (SSSR count). The second-order valence-corrected chi connectivity index (χ2v) is 7.19. The number of aliphatic imine (C=N–C) groups is 1. The minimum atomic E-state index is 0.972. The SMILES string of the molecule is CCc1ccccc1-n1c(C)cc(C=Nc2ccc(Br)c(C)c2)c1C. The number of nitrogens with zero attached hydrogens (tertiary/aromatic N) is 2. The average molecular weight is 395 g/mol. The molecule has 0 saturated carbocycles. The van der Waals surface area contributed by atoms with Crippen molar-refractivity contribution in [3.63, 3.8) is 0 Å². The van der Waals surface area contributed by atoms with Gasteiger partial charge in [-0.05, 0) is 68.7 Å². The van der Waals surface area contributed by atoms with Crippen LogP contribution >= 0.6 is 15.9 Å². The highest BCUT2D eigenvalue weighted by Gasteiger charge is 2.11. The lowest BCUT2D eigenvalue weighted by atomic mass is 10.1. The molecule has 0 aliphatic carbocycles. The van der Waals surface area contributed by atoms with Crippen LogP contribution in [0.15, 0.2) is 58.0 Å². The molecule has 0 N–H and O–H groups in total. The van der Waals surface area contributed by atoms with Crippen molar-refractivity contribution in [2.45, 2.75) is 34.1 Å². The summed E-state index contributed by atoms with van der Waals surface area (Å²) < 4.78 is 3.44. The van der Waals surface area contributed by atoms with E-state index in [9.17, 15) is 0 Å². The summed E-state index contributed by atoms with van der Waals surface area (Å²) in [5, 5.41) is 0. The molecule has 0 fully saturated rings. The number of halogens is 1. The molecule has 3 heteroatoms. The molecule has 0 amide bonds. The van der Waals surface area contributed by atoms with Crippen LogP contribution in [0.5, 0.6) is 0 Å². The van der Waals surface area contributed by atoms with Gasteiger partial charge in [-0.25, -0.2) is 0 Å². The number of aromatic nitrogens is 1. The molecular formula is C22H23BrN2. The summed E-state index contributed by atoms with van der Waals surface area (Å²) >= 11 is 3.53. The highest BCUT2D eigenvalue weighted by atomic mass is 79.9. The van der Waals surface area contributed by atoms with Crippen molar-refractivity contribution < 1.29 is 0 Å². The molecule has 3 aromatic rings. The fourth-order valence-electron chi connectivity index (χ4n) is 3.17. The fraction of sp³-hybridized carbons (Fsp3) is 0.227. The quantitative estimate of drug-likeness (QED) is 0.450. The van der Waals surface area contributed by atoms with Crippen LogP contribution in [0.4, 0.5) is 5.69 Å². The molecule has 0 spiro atoms. The molecule has 0 bridgehead atoms. The zero-order valence-electron chi connectivity index (χ0n) is 15.2. The Balaban J connectivity index is 1.99. The van der Waals surface area contributed by atoms with Gasteiger partial charge in [0.05, 0.1) is 5.69 Å². The first kappa shape index (κ1) is 17.7. The molecule has 0 radical (unpaired) electrons. The minimum Gasteiger partial charge on any atom is -0.318 e. The summed E-state index contributed by atoms with van der Waals surface area (Å²) in [5.74, 6) is 0. The van der Waals surface area contributed by atoms with Gasteiger partial charge in [-0.15, -0.1) is 0 Å². The van der Waals surface area contributed by atoms with Crippen molar-refractivity contribution in [2.75, 3.05) is 0 Å². The Hall–Kier alpha value is -2.13. The first-order valence-electron chi connectivity index (χ1n) is 8.58. The van der Waals surface area contributed by atoms with Gasteiger partial charge in [-0.2, -0.15) is 0 Å². The van der Waals surface area contributed by atoms with Crippen LogP contribution in [-0.4, -0.2) is 10.8 Å². The van der Waals surface area contributed by atoms with E-state index in [4.69, 9.17) is 0 Å². The predicted octanol–water partition coefficient (Wildman–Crippen LogP) is 6.48. The van der Waals surface area contributed by atoms with Gasteiger partial charge < -0.3 is 4.57 Å². The molecule has 0 aliphatic rings. The highest BCUT2D eigenvalue weighted by molar-refractivity contribution is 9.10. The smallest absolute Gasteiger partial charge is 0.0633 e. The number of hydrogen-bond donors (Lipinski definition) is 0. The molecule has 2 aromatic carbocycles. The number of aryl methyl sites for hydroxylation is 3. The van der Waals surface area contributed by atoms with Crippen LogP contribution in [0.1, 0.15) is 35.0 Å².